The number of nitrogens with one attached hydrogen (secondary N) is 2. The molecule has 0 saturated carbocycles. The van der Waals surface area contributed by atoms with Crippen LogP contribution in [0.25, 0.3) is 32.8 Å². The molecule has 2 radical (unpaired) electrons. The van der Waals surface area contributed by atoms with Gasteiger partial charge in [0.15, 0.2) is 0 Å². The Morgan fingerprint density at radius 3 is 1.68 bits per heavy atom. The Morgan fingerprint density at radius 2 is 1.18 bits per heavy atom. The van der Waals surface area contributed by atoms with Crippen molar-refractivity contribution in [2.75, 3.05) is 0 Å². The van der Waals surface area contributed by atoms with Crippen LogP contribution < -0.4 is 0 Å². The molecule has 0 aliphatic heterocycles. The minimum Gasteiger partial charge on any atom is -0.283 e. The number of benzene rings is 5. The van der Waals surface area contributed by atoms with Gasteiger partial charge in [0.2, 0.25) is 0 Å². The minimum absolute atomic E-state index is 0. The van der Waals surface area contributed by atoms with Crippen molar-refractivity contribution in [2.24, 2.45) is 0 Å². The third-order valence-electron chi connectivity index (χ3n) is 5.15. The number of hydrogen-bond acceptors (Lipinski definition) is 4. The molecule has 0 unspecified atom stereocenters. The van der Waals surface area contributed by atoms with Crippen molar-refractivity contribution < 1.29 is 65.4 Å². The number of aromatic nitrogens is 6. The van der Waals surface area contributed by atoms with E-state index in [2.05, 4.69) is 93.2 Å². The minimum atomic E-state index is 0. The molecule has 0 aliphatic rings. The number of rotatable bonds is 0. The van der Waals surface area contributed by atoms with Gasteiger partial charge in [0.1, 0.15) is 0 Å². The summed E-state index contributed by atoms with van der Waals surface area (Å²) in [5.41, 5.74) is 6.23. The summed E-state index contributed by atoms with van der Waals surface area (Å²) in [7, 11) is 0. The van der Waals surface area contributed by atoms with Crippen LogP contribution in [0.5, 0.6) is 0 Å². The maximum Gasteiger partial charge on any atom is 0.00107 e. The van der Waals surface area contributed by atoms with Crippen LogP contribution in [0.2, 0.25) is 0 Å². The van der Waals surface area contributed by atoms with Crippen LogP contribution >= 0.6 is 0 Å². The molecule has 0 bridgehead atoms. The van der Waals surface area contributed by atoms with Crippen molar-refractivity contribution in [1.29, 1.82) is 0 Å². The standard InChI is InChI=1S/C11H9.C7H7.2C6H4N3.2Y/c1-9-5-4-7-10-6-2-3-8-11(9)10;1-7-5-3-2-4-6-7;2*1-2-4-6-5(3-1)7-9-8-6;;/h2-5,7-8H,1H3;3-6H,1H3;2*1,3-4H,(H,7,8,9);;/q4*-1;;. The summed E-state index contributed by atoms with van der Waals surface area (Å²) < 4.78 is 0. The fraction of sp³-hybridized carbons (Fsp3) is 0.0667. The van der Waals surface area contributed by atoms with Gasteiger partial charge in [-0.25, -0.2) is 0 Å². The number of aromatic amines is 2. The molecular formula is C30H24N6Y2-4. The zero-order valence-corrected chi connectivity index (χ0v) is 26.9. The topological polar surface area (TPSA) is 83.1 Å². The van der Waals surface area contributed by atoms with Crippen LogP contribution in [0.15, 0.2) is 97.1 Å². The third-order valence-corrected chi connectivity index (χ3v) is 5.15. The smallest absolute Gasteiger partial charge is 0.00107 e. The predicted molar refractivity (Wildman–Crippen MR) is 143 cm³/mol. The van der Waals surface area contributed by atoms with Gasteiger partial charge < -0.3 is 0 Å². The first kappa shape index (κ1) is 31.6. The second-order valence-electron chi connectivity index (χ2n) is 7.79. The summed E-state index contributed by atoms with van der Waals surface area (Å²) in [5, 5.41) is 22.8. The molecule has 0 amide bonds. The second-order valence-corrected chi connectivity index (χ2v) is 7.79. The normalized spacial score (nSPS) is 9.42. The van der Waals surface area contributed by atoms with E-state index in [-0.39, 0.29) is 65.4 Å². The van der Waals surface area contributed by atoms with Gasteiger partial charge in [-0.15, -0.1) is 71.4 Å². The molecule has 6 nitrogen and oxygen atoms in total. The van der Waals surface area contributed by atoms with E-state index >= 15 is 0 Å². The summed E-state index contributed by atoms with van der Waals surface area (Å²) in [6.07, 6.45) is 0. The van der Waals surface area contributed by atoms with Gasteiger partial charge in [-0.05, 0) is 18.0 Å². The van der Waals surface area contributed by atoms with Crippen LogP contribution in [0.4, 0.5) is 0 Å². The largest absolute Gasteiger partial charge is 0.283 e. The Bertz CT molecular complexity index is 1500. The van der Waals surface area contributed by atoms with Crippen molar-refractivity contribution in [3.05, 3.63) is 132 Å². The van der Waals surface area contributed by atoms with Gasteiger partial charge in [-0.2, -0.15) is 70.4 Å². The van der Waals surface area contributed by atoms with E-state index in [1.807, 2.05) is 60.7 Å². The molecule has 0 fully saturated rings. The number of hydrogen-bond donors (Lipinski definition) is 2. The molecule has 184 valence electrons. The third kappa shape index (κ3) is 9.59. The van der Waals surface area contributed by atoms with Gasteiger partial charge >= 0.3 is 0 Å². The van der Waals surface area contributed by atoms with Gasteiger partial charge in [0.05, 0.1) is 0 Å². The summed E-state index contributed by atoms with van der Waals surface area (Å²) in [6, 6.07) is 43.2. The average Bonchev–Trinajstić information content (AvgIpc) is 3.60. The summed E-state index contributed by atoms with van der Waals surface area (Å²) in [6.45, 7) is 4.18. The Kier molecular flexibility index (Phi) is 14.2. The molecule has 8 heteroatoms. The molecule has 2 aromatic heterocycles. The fourth-order valence-corrected chi connectivity index (χ4v) is 3.24. The first-order chi connectivity index (χ1) is 17.7. The summed E-state index contributed by atoms with van der Waals surface area (Å²) in [5.74, 6) is 0. The van der Waals surface area contributed by atoms with Crippen LogP contribution in [0.1, 0.15) is 11.1 Å². The van der Waals surface area contributed by atoms with Crippen molar-refractivity contribution in [3.8, 4) is 0 Å². The molecule has 7 rings (SSSR count). The van der Waals surface area contributed by atoms with E-state index in [0.29, 0.717) is 0 Å². The first-order valence-corrected chi connectivity index (χ1v) is 11.3. The van der Waals surface area contributed by atoms with Gasteiger partial charge in [0.25, 0.3) is 0 Å². The monoisotopic (exact) mass is 646 g/mol. The molecule has 0 aliphatic carbocycles. The zero-order valence-electron chi connectivity index (χ0n) is 21.2. The zero-order chi connectivity index (χ0) is 25.0. The van der Waals surface area contributed by atoms with E-state index in [9.17, 15) is 0 Å². The van der Waals surface area contributed by atoms with Crippen molar-refractivity contribution in [3.63, 3.8) is 0 Å². The van der Waals surface area contributed by atoms with Crippen LogP contribution in [0, 0.1) is 38.1 Å². The molecule has 7 aromatic rings. The Labute approximate surface area is 272 Å². The van der Waals surface area contributed by atoms with Crippen molar-refractivity contribution in [2.45, 2.75) is 13.8 Å². The first-order valence-electron chi connectivity index (χ1n) is 11.3. The SMILES string of the molecule is Cc1cc[c-]cc1.Cc1cccc2[c-]cccc12.[Y].[Y].[c-]1ccc2[nH]nnc2c1.[c-]1ccc2[nH]nnc2c1. The van der Waals surface area contributed by atoms with Gasteiger partial charge in [0, 0.05) is 76.5 Å². The molecule has 0 atom stereocenters. The van der Waals surface area contributed by atoms with Crippen molar-refractivity contribution >= 4 is 32.8 Å². The molecule has 0 spiro atoms. The quantitative estimate of drug-likeness (QED) is 0.191. The number of fused-ring (bicyclic) bond motifs is 3. The van der Waals surface area contributed by atoms with Gasteiger partial charge in [-0.3, -0.25) is 10.2 Å². The molecular weight excluding hydrogens is 622 g/mol. The summed E-state index contributed by atoms with van der Waals surface area (Å²) in [4.78, 5) is 0. The van der Waals surface area contributed by atoms with Crippen molar-refractivity contribution in [1.82, 2.24) is 30.8 Å². The van der Waals surface area contributed by atoms with Gasteiger partial charge in [-0.1, -0.05) is 29.0 Å². The Morgan fingerprint density at radius 1 is 0.605 bits per heavy atom. The maximum atomic E-state index is 3.78. The van der Waals surface area contributed by atoms with Crippen LogP contribution in [-0.2, 0) is 65.4 Å². The fourth-order valence-electron chi connectivity index (χ4n) is 3.24. The molecule has 2 N–H and O–H groups in total. The number of aryl methyl sites for hydroxylation is 2. The van der Waals surface area contributed by atoms with Crippen LogP contribution in [0.3, 0.4) is 0 Å². The predicted octanol–water partition coefficient (Wildman–Crippen LogP) is 6.25. The average molecular weight is 646 g/mol. The van der Waals surface area contributed by atoms with E-state index in [1.165, 1.54) is 21.9 Å². The van der Waals surface area contributed by atoms with Crippen LogP contribution in [-0.4, -0.2) is 30.8 Å². The maximum absolute atomic E-state index is 3.78. The number of H-pyrrole nitrogens is 2. The van der Waals surface area contributed by atoms with E-state index in [4.69, 9.17) is 0 Å². The molecule has 38 heavy (non-hydrogen) atoms. The molecule has 2 heterocycles. The van der Waals surface area contributed by atoms with E-state index in [1.54, 1.807) is 12.1 Å². The van der Waals surface area contributed by atoms with E-state index < -0.39 is 0 Å². The molecule has 0 saturated heterocycles. The number of nitrogens with zero attached hydrogens (tertiary/aromatic N) is 4. The molecule has 5 aromatic carbocycles. The van der Waals surface area contributed by atoms with E-state index in [0.717, 1.165) is 22.1 Å². The Hall–Kier alpha value is -2.63. The summed E-state index contributed by atoms with van der Waals surface area (Å²) >= 11 is 0. The Balaban J connectivity index is 0.000000177. The second kappa shape index (κ2) is 17.1.